The number of carbonyl (C=O) groups is 1. The topological polar surface area (TPSA) is 78.0 Å². The lowest BCUT2D eigenvalue weighted by Crippen LogP contribution is -2.27. The number of aromatic nitrogens is 3. The third-order valence-electron chi connectivity index (χ3n) is 4.73. The van der Waals surface area contributed by atoms with Crippen molar-refractivity contribution < 1.29 is 9.21 Å². The molecule has 0 atom stereocenters. The van der Waals surface area contributed by atoms with E-state index in [0.29, 0.717) is 27.2 Å². The summed E-state index contributed by atoms with van der Waals surface area (Å²) >= 11 is 1.38. The highest BCUT2D eigenvalue weighted by Gasteiger charge is 2.19. The Labute approximate surface area is 169 Å². The summed E-state index contributed by atoms with van der Waals surface area (Å²) in [6, 6.07) is 16.9. The lowest BCUT2D eigenvalue weighted by molar-refractivity contribution is 0.0966. The summed E-state index contributed by atoms with van der Waals surface area (Å²) in [5, 5.41) is 7.23. The lowest BCUT2D eigenvalue weighted by atomic mass is 10.0. The standard InChI is InChI=1S/C22H15N3O3S/c1-13-23-20-21(29-13)19(18-7-4-10-28-18)24-25(22(20)27)12-17(26)16-9-8-14-5-2-3-6-15(14)11-16/h2-11H,12H2,1H3. The molecule has 0 fully saturated rings. The van der Waals surface area contributed by atoms with Crippen molar-refractivity contribution in [3.63, 3.8) is 0 Å². The van der Waals surface area contributed by atoms with E-state index >= 15 is 0 Å². The Balaban J connectivity index is 1.60. The molecule has 0 N–H and O–H groups in total. The van der Waals surface area contributed by atoms with Crippen molar-refractivity contribution in [2.45, 2.75) is 13.5 Å². The number of rotatable bonds is 4. The summed E-state index contributed by atoms with van der Waals surface area (Å²) in [6.07, 6.45) is 1.55. The number of nitrogens with zero attached hydrogens (tertiary/aromatic N) is 3. The van der Waals surface area contributed by atoms with Crippen LogP contribution in [0.25, 0.3) is 32.4 Å². The minimum atomic E-state index is -0.381. The molecule has 3 aromatic heterocycles. The molecule has 0 saturated carbocycles. The Bertz CT molecular complexity index is 1430. The second-order valence-electron chi connectivity index (χ2n) is 6.68. The number of benzene rings is 2. The van der Waals surface area contributed by atoms with Gasteiger partial charge in [-0.2, -0.15) is 5.10 Å². The molecule has 0 radical (unpaired) electrons. The number of furan rings is 1. The largest absolute Gasteiger partial charge is 0.463 e. The maximum Gasteiger partial charge on any atom is 0.294 e. The molecule has 0 spiro atoms. The van der Waals surface area contributed by atoms with Crippen LogP contribution in [0.15, 0.2) is 70.1 Å². The van der Waals surface area contributed by atoms with Gasteiger partial charge in [-0.15, -0.1) is 11.3 Å². The molecule has 3 heterocycles. The summed E-state index contributed by atoms with van der Waals surface area (Å²) in [5.41, 5.74) is 0.974. The maximum atomic E-state index is 12.9. The van der Waals surface area contributed by atoms with Gasteiger partial charge in [0.15, 0.2) is 17.1 Å². The lowest BCUT2D eigenvalue weighted by Gasteiger charge is -2.07. The van der Waals surface area contributed by atoms with Crippen LogP contribution in [0.1, 0.15) is 15.4 Å². The average Bonchev–Trinajstić information content (AvgIpc) is 3.39. The molecule has 0 bridgehead atoms. The second-order valence-corrected chi connectivity index (χ2v) is 7.89. The van der Waals surface area contributed by atoms with Gasteiger partial charge in [0, 0.05) is 5.56 Å². The summed E-state index contributed by atoms with van der Waals surface area (Å²) < 4.78 is 7.33. The van der Waals surface area contributed by atoms with E-state index in [2.05, 4.69) is 10.1 Å². The fourth-order valence-electron chi connectivity index (χ4n) is 3.34. The molecule has 5 aromatic rings. The molecule has 142 valence electrons. The normalized spacial score (nSPS) is 11.3. The van der Waals surface area contributed by atoms with E-state index in [1.54, 1.807) is 24.5 Å². The number of ketones is 1. The molecule has 2 aromatic carbocycles. The summed E-state index contributed by atoms with van der Waals surface area (Å²) in [7, 11) is 0. The van der Waals surface area contributed by atoms with Crippen LogP contribution >= 0.6 is 11.3 Å². The van der Waals surface area contributed by atoms with Crippen LogP contribution in [0, 0.1) is 6.92 Å². The maximum absolute atomic E-state index is 12.9. The van der Waals surface area contributed by atoms with Crippen molar-refractivity contribution in [3.05, 3.63) is 81.8 Å². The van der Waals surface area contributed by atoms with Crippen LogP contribution in [0.3, 0.4) is 0 Å². The number of Topliss-reactive ketones (excluding diaryl/α,β-unsaturated/α-hetero) is 1. The molecule has 0 aliphatic heterocycles. The number of aryl methyl sites for hydroxylation is 1. The van der Waals surface area contributed by atoms with E-state index in [1.807, 2.05) is 43.3 Å². The van der Waals surface area contributed by atoms with E-state index in [9.17, 15) is 9.59 Å². The van der Waals surface area contributed by atoms with Gasteiger partial charge in [0.2, 0.25) is 0 Å². The Hall–Kier alpha value is -3.58. The minimum absolute atomic E-state index is 0.169. The molecule has 0 aliphatic rings. The van der Waals surface area contributed by atoms with Crippen LogP contribution in [-0.4, -0.2) is 20.5 Å². The van der Waals surface area contributed by atoms with Crippen molar-refractivity contribution in [2.24, 2.45) is 0 Å². The zero-order valence-corrected chi connectivity index (χ0v) is 16.3. The Morgan fingerprint density at radius 2 is 1.93 bits per heavy atom. The fourth-order valence-corrected chi connectivity index (χ4v) is 4.24. The van der Waals surface area contributed by atoms with Gasteiger partial charge < -0.3 is 4.42 Å². The first kappa shape index (κ1) is 17.5. The highest BCUT2D eigenvalue weighted by atomic mass is 32.1. The molecule has 7 heteroatoms. The Morgan fingerprint density at radius 1 is 1.10 bits per heavy atom. The molecule has 6 nitrogen and oxygen atoms in total. The summed E-state index contributed by atoms with van der Waals surface area (Å²) in [5.74, 6) is 0.340. The van der Waals surface area contributed by atoms with Gasteiger partial charge in [-0.25, -0.2) is 9.67 Å². The Morgan fingerprint density at radius 3 is 2.72 bits per heavy atom. The monoisotopic (exact) mass is 401 g/mol. The van der Waals surface area contributed by atoms with Gasteiger partial charge >= 0.3 is 0 Å². The number of thiazole rings is 1. The van der Waals surface area contributed by atoms with Crippen molar-refractivity contribution in [1.82, 2.24) is 14.8 Å². The second kappa shape index (κ2) is 6.79. The number of fused-ring (bicyclic) bond motifs is 2. The third-order valence-corrected chi connectivity index (χ3v) is 5.70. The van der Waals surface area contributed by atoms with Crippen molar-refractivity contribution >= 4 is 38.1 Å². The molecule has 5 rings (SSSR count). The third kappa shape index (κ3) is 3.05. The first-order valence-electron chi connectivity index (χ1n) is 9.04. The SMILES string of the molecule is Cc1nc2c(=O)n(CC(=O)c3ccc4ccccc4c3)nc(-c3ccco3)c2s1. The zero-order valence-electron chi connectivity index (χ0n) is 15.5. The molecule has 0 amide bonds. The molecule has 0 saturated heterocycles. The van der Waals surface area contributed by atoms with Crippen LogP contribution in [0.5, 0.6) is 0 Å². The fraction of sp³-hybridized carbons (Fsp3) is 0.0909. The van der Waals surface area contributed by atoms with Crippen molar-refractivity contribution in [2.75, 3.05) is 0 Å². The number of hydrogen-bond donors (Lipinski definition) is 0. The van der Waals surface area contributed by atoms with Crippen LogP contribution < -0.4 is 5.56 Å². The van der Waals surface area contributed by atoms with Crippen molar-refractivity contribution in [3.8, 4) is 11.5 Å². The minimum Gasteiger partial charge on any atom is -0.463 e. The Kier molecular flexibility index (Phi) is 4.10. The number of carbonyl (C=O) groups excluding carboxylic acids is 1. The van der Waals surface area contributed by atoms with Crippen LogP contribution in [0.4, 0.5) is 0 Å². The van der Waals surface area contributed by atoms with Gasteiger partial charge in [0.05, 0.1) is 16.0 Å². The first-order valence-corrected chi connectivity index (χ1v) is 9.86. The summed E-state index contributed by atoms with van der Waals surface area (Å²) in [6.45, 7) is 1.66. The quantitative estimate of drug-likeness (QED) is 0.416. The smallest absolute Gasteiger partial charge is 0.294 e. The van der Waals surface area contributed by atoms with Crippen LogP contribution in [-0.2, 0) is 6.54 Å². The van der Waals surface area contributed by atoms with E-state index in [-0.39, 0.29) is 17.9 Å². The van der Waals surface area contributed by atoms with E-state index in [1.165, 1.54) is 16.0 Å². The summed E-state index contributed by atoms with van der Waals surface area (Å²) in [4.78, 5) is 30.2. The molecule has 0 aliphatic carbocycles. The van der Waals surface area contributed by atoms with E-state index in [0.717, 1.165) is 15.8 Å². The highest BCUT2D eigenvalue weighted by Crippen LogP contribution is 2.29. The predicted molar refractivity (Wildman–Crippen MR) is 112 cm³/mol. The molecular weight excluding hydrogens is 386 g/mol. The molecule has 0 unspecified atom stereocenters. The van der Waals surface area contributed by atoms with Gasteiger partial charge in [-0.05, 0) is 35.9 Å². The van der Waals surface area contributed by atoms with Gasteiger partial charge in [0.25, 0.3) is 5.56 Å². The van der Waals surface area contributed by atoms with Gasteiger partial charge in [-0.3, -0.25) is 9.59 Å². The molecular formula is C22H15N3O3S. The van der Waals surface area contributed by atoms with Crippen molar-refractivity contribution in [1.29, 1.82) is 0 Å². The molecule has 29 heavy (non-hydrogen) atoms. The number of hydrogen-bond acceptors (Lipinski definition) is 6. The van der Waals surface area contributed by atoms with Crippen LogP contribution in [0.2, 0.25) is 0 Å². The predicted octanol–water partition coefficient (Wildman–Crippen LogP) is 4.46. The average molecular weight is 401 g/mol. The first-order chi connectivity index (χ1) is 14.1. The van der Waals surface area contributed by atoms with E-state index < -0.39 is 0 Å². The highest BCUT2D eigenvalue weighted by molar-refractivity contribution is 7.19. The van der Waals surface area contributed by atoms with Gasteiger partial charge in [-0.1, -0.05) is 36.4 Å². The van der Waals surface area contributed by atoms with E-state index in [4.69, 9.17) is 4.42 Å². The van der Waals surface area contributed by atoms with Gasteiger partial charge in [0.1, 0.15) is 12.2 Å². The zero-order chi connectivity index (χ0) is 20.0.